The summed E-state index contributed by atoms with van der Waals surface area (Å²) in [4.78, 5) is 37.1. The van der Waals surface area contributed by atoms with E-state index in [1.54, 1.807) is 18.2 Å². The van der Waals surface area contributed by atoms with Crippen molar-refractivity contribution < 1.29 is 23.9 Å². The maximum atomic E-state index is 12.7. The fourth-order valence-electron chi connectivity index (χ4n) is 3.37. The molecule has 0 radical (unpaired) electrons. The van der Waals surface area contributed by atoms with E-state index in [-0.39, 0.29) is 31.3 Å². The van der Waals surface area contributed by atoms with E-state index < -0.39 is 5.97 Å². The summed E-state index contributed by atoms with van der Waals surface area (Å²) in [5.74, 6) is -0.254. The highest BCUT2D eigenvalue weighted by atomic mass is 32.1. The summed E-state index contributed by atoms with van der Waals surface area (Å²) in [5, 5.41) is 4.47. The molecule has 0 spiro atoms. The molecule has 0 saturated heterocycles. The molecule has 1 amide bonds. The van der Waals surface area contributed by atoms with Crippen LogP contribution in [0.25, 0.3) is 5.69 Å². The van der Waals surface area contributed by atoms with Crippen molar-refractivity contribution in [2.24, 2.45) is 0 Å². The van der Waals surface area contributed by atoms with E-state index in [1.807, 2.05) is 55.0 Å². The predicted octanol–water partition coefficient (Wildman–Crippen LogP) is 4.10. The molecule has 1 aromatic carbocycles. The van der Waals surface area contributed by atoms with Gasteiger partial charge in [0, 0.05) is 29.2 Å². The topological polar surface area (TPSA) is 86.6 Å². The third kappa shape index (κ3) is 5.64. The summed E-state index contributed by atoms with van der Waals surface area (Å²) >= 11 is 1.33. The molecule has 0 atom stereocenters. The number of nitrogens with zero attached hydrogens (tertiary/aromatic N) is 1. The molecule has 32 heavy (non-hydrogen) atoms. The van der Waals surface area contributed by atoms with Crippen molar-refractivity contribution >= 4 is 29.0 Å². The van der Waals surface area contributed by atoms with Gasteiger partial charge in [0.1, 0.15) is 5.75 Å². The van der Waals surface area contributed by atoms with Crippen LogP contribution >= 0.6 is 11.3 Å². The molecule has 0 saturated carbocycles. The number of aryl methyl sites for hydroxylation is 1. The van der Waals surface area contributed by atoms with Gasteiger partial charge in [-0.05, 0) is 62.5 Å². The summed E-state index contributed by atoms with van der Waals surface area (Å²) in [6.07, 6.45) is -0.00437. The minimum Gasteiger partial charge on any atom is -0.494 e. The van der Waals surface area contributed by atoms with Crippen LogP contribution in [0.3, 0.4) is 0 Å². The third-order valence-corrected chi connectivity index (χ3v) is 5.73. The van der Waals surface area contributed by atoms with Crippen LogP contribution < -0.4 is 10.1 Å². The zero-order chi connectivity index (χ0) is 23.1. The molecule has 7 nitrogen and oxygen atoms in total. The van der Waals surface area contributed by atoms with Crippen LogP contribution in [0.5, 0.6) is 5.75 Å². The van der Waals surface area contributed by atoms with Crippen LogP contribution in [0.15, 0.2) is 47.8 Å². The number of carbonyl (C=O) groups is 3. The summed E-state index contributed by atoms with van der Waals surface area (Å²) in [6, 6.07) is 12.9. The molecule has 0 aliphatic heterocycles. The number of benzene rings is 1. The second-order valence-corrected chi connectivity index (χ2v) is 8.06. The molecular weight excluding hydrogens is 428 g/mol. The number of ether oxygens (including phenoxy) is 2. The lowest BCUT2D eigenvalue weighted by atomic mass is 10.1. The molecule has 8 heteroatoms. The summed E-state index contributed by atoms with van der Waals surface area (Å²) < 4.78 is 12.6. The first-order valence-electron chi connectivity index (χ1n) is 10.3. The Kier molecular flexibility index (Phi) is 7.83. The number of nitrogens with one attached hydrogen (secondary N) is 1. The number of amides is 1. The van der Waals surface area contributed by atoms with Crippen molar-refractivity contribution in [3.8, 4) is 11.4 Å². The minimum atomic E-state index is -0.537. The lowest BCUT2D eigenvalue weighted by Gasteiger charge is -2.11. The van der Waals surface area contributed by atoms with E-state index in [0.29, 0.717) is 17.0 Å². The second-order valence-electron chi connectivity index (χ2n) is 7.11. The molecule has 2 heterocycles. The molecule has 0 aliphatic carbocycles. The highest BCUT2D eigenvalue weighted by Gasteiger charge is 2.18. The second kappa shape index (κ2) is 10.8. The van der Waals surface area contributed by atoms with Crippen LogP contribution in [0.4, 0.5) is 0 Å². The van der Waals surface area contributed by atoms with Crippen LogP contribution in [0.1, 0.15) is 44.8 Å². The Balaban J connectivity index is 1.54. The quantitative estimate of drug-likeness (QED) is 0.368. The molecular formula is C24H26N2O5S. The smallest absolute Gasteiger partial charge is 0.308 e. The van der Waals surface area contributed by atoms with Gasteiger partial charge < -0.3 is 19.4 Å². The lowest BCUT2D eigenvalue weighted by molar-refractivity contribution is -0.142. The SMILES string of the molecule is CCOc1ccc(-n2c(C)cc(C(=O)COC(=O)CCNC(=O)c3cccs3)c2C)cc1. The van der Waals surface area contributed by atoms with Crippen molar-refractivity contribution in [1.29, 1.82) is 0 Å². The Bertz CT molecular complexity index is 1080. The number of thiophene rings is 1. The van der Waals surface area contributed by atoms with Gasteiger partial charge in [0.15, 0.2) is 6.61 Å². The predicted molar refractivity (Wildman–Crippen MR) is 123 cm³/mol. The first-order valence-corrected chi connectivity index (χ1v) is 11.2. The van der Waals surface area contributed by atoms with Crippen LogP contribution in [0, 0.1) is 13.8 Å². The zero-order valence-corrected chi connectivity index (χ0v) is 19.2. The molecule has 2 aromatic heterocycles. The van der Waals surface area contributed by atoms with Gasteiger partial charge in [-0.1, -0.05) is 6.07 Å². The average Bonchev–Trinajstić information content (AvgIpc) is 3.41. The van der Waals surface area contributed by atoms with Crippen molar-refractivity contribution in [1.82, 2.24) is 9.88 Å². The Morgan fingerprint density at radius 2 is 1.84 bits per heavy atom. The van der Waals surface area contributed by atoms with E-state index in [1.165, 1.54) is 11.3 Å². The minimum absolute atomic E-state index is 0.00437. The molecule has 1 N–H and O–H groups in total. The van der Waals surface area contributed by atoms with Gasteiger partial charge in [-0.15, -0.1) is 11.3 Å². The summed E-state index contributed by atoms with van der Waals surface area (Å²) in [6.45, 7) is 6.11. The number of hydrogen-bond acceptors (Lipinski definition) is 6. The fourth-order valence-corrected chi connectivity index (χ4v) is 4.01. The number of rotatable bonds is 10. The van der Waals surface area contributed by atoms with E-state index in [0.717, 1.165) is 22.8 Å². The van der Waals surface area contributed by atoms with Crippen molar-refractivity contribution in [3.05, 3.63) is 69.7 Å². The van der Waals surface area contributed by atoms with Gasteiger partial charge in [-0.2, -0.15) is 0 Å². The van der Waals surface area contributed by atoms with Gasteiger partial charge in [-0.25, -0.2) is 0 Å². The Morgan fingerprint density at radius 3 is 2.50 bits per heavy atom. The number of hydrogen-bond donors (Lipinski definition) is 1. The molecule has 0 aliphatic rings. The maximum Gasteiger partial charge on any atom is 0.308 e. The molecule has 3 rings (SSSR count). The van der Waals surface area contributed by atoms with Gasteiger partial charge >= 0.3 is 5.97 Å². The van der Waals surface area contributed by atoms with Crippen molar-refractivity contribution in [3.63, 3.8) is 0 Å². The van der Waals surface area contributed by atoms with E-state index in [4.69, 9.17) is 9.47 Å². The van der Waals surface area contributed by atoms with E-state index in [2.05, 4.69) is 5.32 Å². The monoisotopic (exact) mass is 454 g/mol. The van der Waals surface area contributed by atoms with Gasteiger partial charge in [0.05, 0.1) is 17.9 Å². The standard InChI is InChI=1S/C24H26N2O5S/c1-4-30-19-9-7-18(8-10-19)26-16(2)14-20(17(26)3)21(27)15-31-23(28)11-12-25-24(29)22-6-5-13-32-22/h5-10,13-14H,4,11-12,15H2,1-3H3,(H,25,29). The normalized spacial score (nSPS) is 10.6. The fraction of sp³-hybridized carbons (Fsp3) is 0.292. The van der Waals surface area contributed by atoms with Gasteiger partial charge in [0.25, 0.3) is 5.91 Å². The zero-order valence-electron chi connectivity index (χ0n) is 18.3. The molecule has 3 aromatic rings. The van der Waals surface area contributed by atoms with Crippen molar-refractivity contribution in [2.75, 3.05) is 19.8 Å². The van der Waals surface area contributed by atoms with Gasteiger partial charge in [-0.3, -0.25) is 14.4 Å². The molecule has 168 valence electrons. The van der Waals surface area contributed by atoms with Crippen LogP contribution in [-0.4, -0.2) is 42.0 Å². The number of aromatic nitrogens is 1. The highest BCUT2D eigenvalue weighted by molar-refractivity contribution is 7.12. The molecule has 0 fully saturated rings. The summed E-state index contributed by atoms with van der Waals surface area (Å²) in [7, 11) is 0. The van der Waals surface area contributed by atoms with E-state index in [9.17, 15) is 14.4 Å². The first-order chi connectivity index (χ1) is 15.4. The lowest BCUT2D eigenvalue weighted by Crippen LogP contribution is -2.26. The van der Waals surface area contributed by atoms with Crippen molar-refractivity contribution in [2.45, 2.75) is 27.2 Å². The third-order valence-electron chi connectivity index (χ3n) is 4.86. The molecule has 0 bridgehead atoms. The number of Topliss-reactive ketones (excluding diaryl/α,β-unsaturated/α-hetero) is 1. The average molecular weight is 455 g/mol. The molecule has 0 unspecified atom stereocenters. The van der Waals surface area contributed by atoms with E-state index >= 15 is 0 Å². The number of esters is 1. The number of ketones is 1. The van der Waals surface area contributed by atoms with Crippen LogP contribution in [0.2, 0.25) is 0 Å². The van der Waals surface area contributed by atoms with Crippen LogP contribution in [-0.2, 0) is 9.53 Å². The maximum absolute atomic E-state index is 12.7. The largest absolute Gasteiger partial charge is 0.494 e. The van der Waals surface area contributed by atoms with Gasteiger partial charge in [0.2, 0.25) is 5.78 Å². The Hall–Kier alpha value is -3.39. The Morgan fingerprint density at radius 1 is 1.09 bits per heavy atom. The first kappa shape index (κ1) is 23.3. The number of carbonyl (C=O) groups excluding carboxylic acids is 3. The Labute approximate surface area is 191 Å². The summed E-state index contributed by atoms with van der Waals surface area (Å²) in [5.41, 5.74) is 3.10. The highest BCUT2D eigenvalue weighted by Crippen LogP contribution is 2.23.